The molecule has 0 unspecified atom stereocenters. The zero-order valence-electron chi connectivity index (χ0n) is 13.0. The molecule has 0 aliphatic heterocycles. The van der Waals surface area contributed by atoms with Gasteiger partial charge in [0.1, 0.15) is 22.5 Å². The maximum Gasteiger partial charge on any atom is 0.256 e. The molecule has 7 heteroatoms. The van der Waals surface area contributed by atoms with Gasteiger partial charge in [-0.2, -0.15) is 10.4 Å². The van der Waals surface area contributed by atoms with Gasteiger partial charge in [0.05, 0.1) is 0 Å². The molecular weight excluding hydrogens is 356 g/mol. The number of benzene rings is 2. The van der Waals surface area contributed by atoms with Crippen molar-refractivity contribution >= 4 is 35.1 Å². The lowest BCUT2D eigenvalue weighted by Crippen LogP contribution is -2.12. The summed E-state index contributed by atoms with van der Waals surface area (Å²) in [7, 11) is 0. The largest absolute Gasteiger partial charge is 0.306 e. The summed E-state index contributed by atoms with van der Waals surface area (Å²) in [5.41, 5.74) is 1.85. The Balaban J connectivity index is 1.74. The summed E-state index contributed by atoms with van der Waals surface area (Å²) in [5, 5.41) is 20.0. The number of hydrogen-bond donors (Lipinski definition) is 2. The summed E-state index contributed by atoms with van der Waals surface area (Å²) in [5.74, 6) is 0.604. The van der Waals surface area contributed by atoms with Crippen LogP contribution >= 0.6 is 23.4 Å². The van der Waals surface area contributed by atoms with E-state index >= 15 is 0 Å². The van der Waals surface area contributed by atoms with E-state index in [-0.39, 0.29) is 11.7 Å². The second kappa shape index (κ2) is 7.88. The van der Waals surface area contributed by atoms with Crippen molar-refractivity contribution in [1.29, 1.82) is 5.26 Å². The lowest BCUT2D eigenvalue weighted by Gasteiger charge is -2.03. The van der Waals surface area contributed by atoms with Gasteiger partial charge < -0.3 is 5.32 Å². The van der Waals surface area contributed by atoms with E-state index in [0.717, 1.165) is 5.56 Å². The van der Waals surface area contributed by atoms with Crippen LogP contribution in [-0.4, -0.2) is 16.1 Å². The number of anilines is 1. The average Bonchev–Trinajstić information content (AvgIpc) is 3.02. The summed E-state index contributed by atoms with van der Waals surface area (Å²) in [6.45, 7) is 0. The molecule has 1 heterocycles. The van der Waals surface area contributed by atoms with Crippen molar-refractivity contribution in [3.63, 3.8) is 0 Å². The number of nitriles is 1. The minimum atomic E-state index is -0.359. The third kappa shape index (κ3) is 4.21. The monoisotopic (exact) mass is 368 g/mol. The molecule has 3 aromatic rings. The van der Waals surface area contributed by atoms with E-state index in [0.29, 0.717) is 26.9 Å². The first kappa shape index (κ1) is 17.1. The molecular formula is C18H13ClN4OS. The van der Waals surface area contributed by atoms with Gasteiger partial charge in [0.15, 0.2) is 0 Å². The second-order valence-corrected chi connectivity index (χ2v) is 6.53. The van der Waals surface area contributed by atoms with Gasteiger partial charge in [-0.25, -0.2) is 0 Å². The van der Waals surface area contributed by atoms with Crippen LogP contribution in [0.15, 0.2) is 59.6 Å². The first-order valence-corrected chi connectivity index (χ1v) is 8.76. The molecule has 0 fully saturated rings. The van der Waals surface area contributed by atoms with E-state index < -0.39 is 0 Å². The van der Waals surface area contributed by atoms with Crippen LogP contribution < -0.4 is 5.32 Å². The lowest BCUT2D eigenvalue weighted by atomic mass is 10.2. The van der Waals surface area contributed by atoms with Gasteiger partial charge in [0.25, 0.3) is 5.91 Å². The Morgan fingerprint density at radius 3 is 2.76 bits per heavy atom. The molecule has 0 aliphatic rings. The number of thioether (sulfide) groups is 1. The van der Waals surface area contributed by atoms with Crippen LogP contribution in [0.25, 0.3) is 0 Å². The smallest absolute Gasteiger partial charge is 0.256 e. The summed E-state index contributed by atoms with van der Waals surface area (Å²) in [6.07, 6.45) is 0. The number of carbonyl (C=O) groups excluding carboxylic acids is 1. The number of carbonyl (C=O) groups is 1. The molecule has 2 N–H and O–H groups in total. The number of nitrogens with zero attached hydrogens (tertiary/aromatic N) is 2. The van der Waals surface area contributed by atoms with Gasteiger partial charge in [-0.1, -0.05) is 59.8 Å². The van der Waals surface area contributed by atoms with Crippen LogP contribution in [0.5, 0.6) is 0 Å². The Hall–Kier alpha value is -2.75. The highest BCUT2D eigenvalue weighted by molar-refractivity contribution is 7.98. The highest BCUT2D eigenvalue weighted by Crippen LogP contribution is 2.28. The fraction of sp³-hybridized carbons (Fsp3) is 0.0556. The van der Waals surface area contributed by atoms with E-state index in [4.69, 9.17) is 11.6 Å². The summed E-state index contributed by atoms with van der Waals surface area (Å²) >= 11 is 7.33. The van der Waals surface area contributed by atoms with Crippen LogP contribution in [0.4, 0.5) is 5.82 Å². The van der Waals surface area contributed by atoms with E-state index in [1.807, 2.05) is 30.3 Å². The van der Waals surface area contributed by atoms with E-state index in [1.165, 1.54) is 11.8 Å². The Labute approximate surface area is 154 Å². The number of rotatable bonds is 5. The normalized spacial score (nSPS) is 10.2. The lowest BCUT2D eigenvalue weighted by molar-refractivity contribution is 0.102. The molecule has 0 aliphatic carbocycles. The number of halogens is 1. The van der Waals surface area contributed by atoms with Crippen LogP contribution in [0.2, 0.25) is 5.02 Å². The minimum Gasteiger partial charge on any atom is -0.306 e. The van der Waals surface area contributed by atoms with Crippen LogP contribution in [-0.2, 0) is 5.75 Å². The molecule has 1 amide bonds. The van der Waals surface area contributed by atoms with E-state index in [2.05, 4.69) is 21.6 Å². The quantitative estimate of drug-likeness (QED) is 0.650. The van der Waals surface area contributed by atoms with Gasteiger partial charge in [-0.15, -0.1) is 0 Å². The van der Waals surface area contributed by atoms with Crippen molar-refractivity contribution in [2.24, 2.45) is 0 Å². The fourth-order valence-corrected chi connectivity index (χ4v) is 3.25. The van der Waals surface area contributed by atoms with E-state index in [1.54, 1.807) is 24.3 Å². The Morgan fingerprint density at radius 2 is 2.04 bits per heavy atom. The predicted molar refractivity (Wildman–Crippen MR) is 98.7 cm³/mol. The first-order chi connectivity index (χ1) is 12.2. The molecule has 0 bridgehead atoms. The number of amides is 1. The predicted octanol–water partition coefficient (Wildman–Crippen LogP) is 4.48. The topological polar surface area (TPSA) is 81.6 Å². The third-order valence-electron chi connectivity index (χ3n) is 3.39. The SMILES string of the molecule is N#Cc1c(SCc2ccccc2)n[nH]c1NC(=O)c1cccc(Cl)c1. The number of aromatic nitrogens is 2. The van der Waals surface area contributed by atoms with Crippen molar-refractivity contribution in [3.8, 4) is 6.07 Å². The first-order valence-electron chi connectivity index (χ1n) is 7.39. The van der Waals surface area contributed by atoms with Gasteiger partial charge in [0, 0.05) is 16.3 Å². The molecule has 0 atom stereocenters. The Morgan fingerprint density at radius 1 is 1.24 bits per heavy atom. The Bertz CT molecular complexity index is 934. The molecule has 0 spiro atoms. The van der Waals surface area contributed by atoms with Crippen LogP contribution in [0, 0.1) is 11.3 Å². The molecule has 2 aromatic carbocycles. The van der Waals surface area contributed by atoms with Gasteiger partial charge in [-0.3, -0.25) is 9.89 Å². The van der Waals surface area contributed by atoms with Crippen molar-refractivity contribution in [3.05, 3.63) is 76.3 Å². The number of nitrogens with one attached hydrogen (secondary N) is 2. The summed E-state index contributed by atoms with van der Waals surface area (Å²) in [6, 6.07) is 18.6. The summed E-state index contributed by atoms with van der Waals surface area (Å²) < 4.78 is 0. The standard InChI is InChI=1S/C18H13ClN4OS/c19-14-8-4-7-13(9-14)17(24)21-16-15(10-20)18(23-22-16)25-11-12-5-2-1-3-6-12/h1-9H,11H2,(H2,21,22,23,24). The Kier molecular flexibility index (Phi) is 5.39. The maximum atomic E-state index is 12.3. The minimum absolute atomic E-state index is 0.281. The maximum absolute atomic E-state index is 12.3. The zero-order chi connectivity index (χ0) is 17.6. The fourth-order valence-electron chi connectivity index (χ4n) is 2.17. The zero-order valence-corrected chi connectivity index (χ0v) is 14.6. The molecule has 5 nitrogen and oxygen atoms in total. The molecule has 25 heavy (non-hydrogen) atoms. The molecule has 1 aromatic heterocycles. The number of hydrogen-bond acceptors (Lipinski definition) is 4. The number of aromatic amines is 1. The van der Waals surface area contributed by atoms with Crippen LogP contribution in [0.3, 0.4) is 0 Å². The molecule has 3 rings (SSSR count). The highest BCUT2D eigenvalue weighted by atomic mass is 35.5. The molecule has 0 saturated heterocycles. The highest BCUT2D eigenvalue weighted by Gasteiger charge is 2.16. The van der Waals surface area contributed by atoms with E-state index in [9.17, 15) is 10.1 Å². The molecule has 0 saturated carbocycles. The van der Waals surface area contributed by atoms with Gasteiger partial charge in [0.2, 0.25) is 0 Å². The summed E-state index contributed by atoms with van der Waals surface area (Å²) in [4.78, 5) is 12.3. The van der Waals surface area contributed by atoms with Gasteiger partial charge in [-0.05, 0) is 23.8 Å². The van der Waals surface area contributed by atoms with Crippen molar-refractivity contribution in [1.82, 2.24) is 10.2 Å². The van der Waals surface area contributed by atoms with Crippen molar-refractivity contribution < 1.29 is 4.79 Å². The van der Waals surface area contributed by atoms with Crippen molar-refractivity contribution in [2.45, 2.75) is 10.8 Å². The average molecular weight is 369 g/mol. The molecule has 124 valence electrons. The third-order valence-corrected chi connectivity index (χ3v) is 4.67. The van der Waals surface area contributed by atoms with Gasteiger partial charge >= 0.3 is 0 Å². The van der Waals surface area contributed by atoms with Crippen LogP contribution in [0.1, 0.15) is 21.5 Å². The second-order valence-electron chi connectivity index (χ2n) is 5.13. The molecule has 0 radical (unpaired) electrons. The van der Waals surface area contributed by atoms with Crippen molar-refractivity contribution in [2.75, 3.05) is 5.32 Å². The number of H-pyrrole nitrogens is 1.